The molecule has 0 bridgehead atoms. The van der Waals surface area contributed by atoms with E-state index in [1.807, 2.05) is 25.9 Å². The van der Waals surface area contributed by atoms with Gasteiger partial charge in [-0.1, -0.05) is 0 Å². The molecule has 134 valence electrons. The highest BCUT2D eigenvalue weighted by molar-refractivity contribution is 5.85. The highest BCUT2D eigenvalue weighted by atomic mass is 35.5. The number of hydrogen-bond donors (Lipinski definition) is 2. The Hall–Kier alpha value is -0.0700. The first-order chi connectivity index (χ1) is 9.52. The molecule has 0 spiro atoms. The average Bonchev–Trinajstić information content (AvgIpc) is 2.40. The maximum atomic E-state index is 12.0. The summed E-state index contributed by atoms with van der Waals surface area (Å²) in [6.45, 7) is 6.46. The Labute approximate surface area is 147 Å². The van der Waals surface area contributed by atoms with Crippen LogP contribution in [0.2, 0.25) is 0 Å². The van der Waals surface area contributed by atoms with E-state index in [4.69, 9.17) is 0 Å². The van der Waals surface area contributed by atoms with Crippen molar-refractivity contribution in [2.45, 2.75) is 38.7 Å². The van der Waals surface area contributed by atoms with E-state index in [1.54, 1.807) is 0 Å². The molecule has 1 unspecified atom stereocenters. The van der Waals surface area contributed by atoms with Crippen molar-refractivity contribution in [3.63, 3.8) is 0 Å². The van der Waals surface area contributed by atoms with Crippen LogP contribution < -0.4 is 5.32 Å². The van der Waals surface area contributed by atoms with E-state index in [-0.39, 0.29) is 36.8 Å². The molecule has 0 radical (unpaired) electrons. The second-order valence-electron chi connectivity index (χ2n) is 6.07. The molecule has 5 nitrogen and oxygen atoms in total. The van der Waals surface area contributed by atoms with E-state index >= 15 is 0 Å². The van der Waals surface area contributed by atoms with Gasteiger partial charge in [-0.05, 0) is 58.8 Å². The molecule has 7 heteroatoms. The lowest BCUT2D eigenvalue weighted by atomic mass is 9.96. The minimum absolute atomic E-state index is 0. The molecule has 1 heterocycles. The molecule has 0 aromatic rings. The van der Waals surface area contributed by atoms with Crippen molar-refractivity contribution in [2.75, 3.05) is 46.8 Å². The van der Waals surface area contributed by atoms with Crippen molar-refractivity contribution in [1.82, 2.24) is 15.1 Å². The fourth-order valence-corrected chi connectivity index (χ4v) is 2.82. The van der Waals surface area contributed by atoms with Gasteiger partial charge in [0.1, 0.15) is 0 Å². The zero-order chi connectivity index (χ0) is 15.0. The Morgan fingerprint density at radius 3 is 2.45 bits per heavy atom. The van der Waals surface area contributed by atoms with E-state index in [9.17, 15) is 9.90 Å². The molecule has 0 aromatic heterocycles. The Bertz CT molecular complexity index is 286. The summed E-state index contributed by atoms with van der Waals surface area (Å²) >= 11 is 0. The van der Waals surface area contributed by atoms with Crippen molar-refractivity contribution in [3.8, 4) is 0 Å². The van der Waals surface area contributed by atoms with E-state index in [0.717, 1.165) is 52.0 Å². The Morgan fingerprint density at radius 2 is 1.95 bits per heavy atom. The summed E-state index contributed by atoms with van der Waals surface area (Å²) in [5, 5.41) is 12.5. The molecular formula is C15H33Cl2N3O2. The lowest BCUT2D eigenvalue weighted by Gasteiger charge is -2.34. The smallest absolute Gasteiger partial charge is 0.222 e. The number of carbonyl (C=O) groups excluding carboxylic acids is 1. The van der Waals surface area contributed by atoms with Crippen molar-refractivity contribution in [3.05, 3.63) is 0 Å². The van der Waals surface area contributed by atoms with Gasteiger partial charge in [0.15, 0.2) is 0 Å². The van der Waals surface area contributed by atoms with Gasteiger partial charge in [-0.2, -0.15) is 0 Å². The van der Waals surface area contributed by atoms with Crippen LogP contribution >= 0.6 is 24.8 Å². The number of amides is 1. The number of nitrogens with zero attached hydrogens (tertiary/aromatic N) is 2. The first-order valence-electron chi connectivity index (χ1n) is 7.82. The summed E-state index contributed by atoms with van der Waals surface area (Å²) in [5.41, 5.74) is 0. The third-order valence-corrected chi connectivity index (χ3v) is 4.00. The van der Waals surface area contributed by atoms with Crippen LogP contribution in [0.3, 0.4) is 0 Å². The molecule has 0 saturated carbocycles. The minimum atomic E-state index is -0.247. The van der Waals surface area contributed by atoms with Crippen molar-refractivity contribution in [2.24, 2.45) is 5.92 Å². The number of carbonyl (C=O) groups is 1. The number of β-amino-alcohol motifs (C(OH)–C–C–N with tert-alkyl or cyclic N) is 1. The fraction of sp³-hybridized carbons (Fsp3) is 0.933. The van der Waals surface area contributed by atoms with Crippen LogP contribution in [0.25, 0.3) is 0 Å². The van der Waals surface area contributed by atoms with Crippen molar-refractivity contribution in [1.29, 1.82) is 0 Å². The Morgan fingerprint density at radius 1 is 1.36 bits per heavy atom. The van der Waals surface area contributed by atoms with Gasteiger partial charge in [0.05, 0.1) is 6.10 Å². The quantitative estimate of drug-likeness (QED) is 0.644. The number of likely N-dealkylation sites (tertiary alicyclic amines) is 1. The summed E-state index contributed by atoms with van der Waals surface area (Å²) in [6, 6.07) is 0. The Balaban J connectivity index is 0. The highest BCUT2D eigenvalue weighted by Gasteiger charge is 2.22. The molecule has 1 aliphatic rings. The number of halogens is 2. The monoisotopic (exact) mass is 357 g/mol. The topological polar surface area (TPSA) is 55.8 Å². The van der Waals surface area contributed by atoms with E-state index in [1.165, 1.54) is 0 Å². The number of hydrogen-bond acceptors (Lipinski definition) is 4. The lowest BCUT2D eigenvalue weighted by Crippen LogP contribution is -2.41. The van der Waals surface area contributed by atoms with Gasteiger partial charge < -0.3 is 20.2 Å². The van der Waals surface area contributed by atoms with Crippen LogP contribution in [0.4, 0.5) is 0 Å². The number of piperidine rings is 1. The van der Waals surface area contributed by atoms with E-state index < -0.39 is 0 Å². The molecule has 22 heavy (non-hydrogen) atoms. The van der Waals surface area contributed by atoms with Crippen LogP contribution in [0.15, 0.2) is 0 Å². The van der Waals surface area contributed by atoms with Gasteiger partial charge in [0.25, 0.3) is 0 Å². The van der Waals surface area contributed by atoms with Gasteiger partial charge in [0, 0.05) is 26.6 Å². The predicted octanol–water partition coefficient (Wildman–Crippen LogP) is 1.38. The van der Waals surface area contributed by atoms with Gasteiger partial charge in [-0.15, -0.1) is 24.8 Å². The van der Waals surface area contributed by atoms with Crippen molar-refractivity contribution >= 4 is 30.7 Å². The maximum Gasteiger partial charge on any atom is 0.222 e. The molecule has 1 saturated heterocycles. The van der Waals surface area contributed by atoms with Gasteiger partial charge in [0.2, 0.25) is 5.91 Å². The van der Waals surface area contributed by atoms with E-state index in [0.29, 0.717) is 12.3 Å². The summed E-state index contributed by atoms with van der Waals surface area (Å²) in [7, 11) is 3.83. The van der Waals surface area contributed by atoms with Crippen LogP contribution in [0.5, 0.6) is 0 Å². The zero-order valence-corrected chi connectivity index (χ0v) is 15.7. The second kappa shape index (κ2) is 13.4. The van der Waals surface area contributed by atoms with Crippen LogP contribution in [0, 0.1) is 5.92 Å². The van der Waals surface area contributed by atoms with Gasteiger partial charge in [-0.3, -0.25) is 4.79 Å². The molecule has 1 aliphatic heterocycles. The van der Waals surface area contributed by atoms with Crippen molar-refractivity contribution < 1.29 is 9.90 Å². The van der Waals surface area contributed by atoms with Crippen LogP contribution in [-0.2, 0) is 4.79 Å². The largest absolute Gasteiger partial charge is 0.392 e. The number of aliphatic hydroxyl groups is 1. The zero-order valence-electron chi connectivity index (χ0n) is 14.1. The molecule has 1 fully saturated rings. The summed E-state index contributed by atoms with van der Waals surface area (Å²) in [6.07, 6.45) is 3.55. The molecule has 2 N–H and O–H groups in total. The SMILES string of the molecule is CNCCCC(=O)N(C)CC1CCN(CC(C)O)CC1.Cl.Cl. The summed E-state index contributed by atoms with van der Waals surface area (Å²) in [5.74, 6) is 0.866. The normalized spacial score (nSPS) is 17.3. The summed E-state index contributed by atoms with van der Waals surface area (Å²) < 4.78 is 0. The third-order valence-electron chi connectivity index (χ3n) is 4.00. The van der Waals surface area contributed by atoms with E-state index in [2.05, 4.69) is 10.2 Å². The molecule has 1 atom stereocenters. The lowest BCUT2D eigenvalue weighted by molar-refractivity contribution is -0.130. The number of rotatable bonds is 8. The standard InChI is InChI=1S/C15H31N3O2.2ClH/c1-13(19)11-18-9-6-14(7-10-18)12-17(3)15(20)5-4-8-16-2;;/h13-14,16,19H,4-12H2,1-3H3;2*1H. The molecule has 0 aliphatic carbocycles. The van der Waals surface area contributed by atoms with Crippen LogP contribution in [-0.4, -0.2) is 73.7 Å². The third kappa shape index (κ3) is 9.85. The first kappa shape index (κ1) is 24.2. The van der Waals surface area contributed by atoms with Crippen LogP contribution in [0.1, 0.15) is 32.6 Å². The highest BCUT2D eigenvalue weighted by Crippen LogP contribution is 2.18. The molecular weight excluding hydrogens is 325 g/mol. The Kier molecular flexibility index (Phi) is 14.7. The molecule has 1 rings (SSSR count). The second-order valence-corrected chi connectivity index (χ2v) is 6.07. The average molecular weight is 358 g/mol. The molecule has 0 aromatic carbocycles. The predicted molar refractivity (Wildman–Crippen MR) is 96.1 cm³/mol. The fourth-order valence-electron chi connectivity index (χ4n) is 2.82. The first-order valence-corrected chi connectivity index (χ1v) is 7.82. The summed E-state index contributed by atoms with van der Waals surface area (Å²) in [4.78, 5) is 16.2. The number of aliphatic hydroxyl groups excluding tert-OH is 1. The minimum Gasteiger partial charge on any atom is -0.392 e. The number of nitrogens with one attached hydrogen (secondary N) is 1. The van der Waals surface area contributed by atoms with Gasteiger partial charge >= 0.3 is 0 Å². The molecule has 1 amide bonds. The van der Waals surface area contributed by atoms with Gasteiger partial charge in [-0.25, -0.2) is 0 Å². The maximum absolute atomic E-state index is 12.0.